The molecular weight excluding hydrogens is 244 g/mol. The third-order valence-electron chi connectivity index (χ3n) is 2.93. The molecule has 4 nitrogen and oxygen atoms in total. The maximum absolute atomic E-state index is 4.60. The molecule has 5 heteroatoms. The van der Waals surface area contributed by atoms with Gasteiger partial charge in [-0.05, 0) is 19.4 Å². The Kier molecular flexibility index (Phi) is 4.01. The summed E-state index contributed by atoms with van der Waals surface area (Å²) in [6, 6.07) is 2.18. The normalized spacial score (nSPS) is 10.9. The average Bonchev–Trinajstić information content (AvgIpc) is 2.74. The van der Waals surface area contributed by atoms with Gasteiger partial charge in [0.1, 0.15) is 10.6 Å². The molecule has 2 heterocycles. The number of unbranched alkanes of at least 4 members (excludes halogenated alkanes) is 1. The van der Waals surface area contributed by atoms with Crippen molar-refractivity contribution in [2.45, 2.75) is 26.7 Å². The van der Waals surface area contributed by atoms with Gasteiger partial charge in [0, 0.05) is 25.5 Å². The van der Waals surface area contributed by atoms with E-state index in [0.29, 0.717) is 5.95 Å². The Morgan fingerprint density at radius 1 is 1.39 bits per heavy atom. The molecule has 1 N–H and O–H groups in total. The van der Waals surface area contributed by atoms with Crippen LogP contribution in [-0.4, -0.2) is 30.6 Å². The first-order valence-corrected chi connectivity index (χ1v) is 7.14. The van der Waals surface area contributed by atoms with Crippen LogP contribution in [0.15, 0.2) is 6.07 Å². The van der Waals surface area contributed by atoms with E-state index >= 15 is 0 Å². The highest BCUT2D eigenvalue weighted by Crippen LogP contribution is 2.31. The molecule has 0 spiro atoms. The monoisotopic (exact) mass is 264 g/mol. The van der Waals surface area contributed by atoms with Crippen LogP contribution in [0.3, 0.4) is 0 Å². The van der Waals surface area contributed by atoms with Crippen molar-refractivity contribution in [3.63, 3.8) is 0 Å². The van der Waals surface area contributed by atoms with E-state index in [9.17, 15) is 0 Å². The number of anilines is 2. The van der Waals surface area contributed by atoms with Crippen LogP contribution >= 0.6 is 11.3 Å². The van der Waals surface area contributed by atoms with Gasteiger partial charge in [0.2, 0.25) is 5.95 Å². The third kappa shape index (κ3) is 2.56. The number of nitrogens with zero attached hydrogens (tertiary/aromatic N) is 3. The molecular formula is C13H20N4S. The largest absolute Gasteiger partial charge is 0.359 e. The Hall–Kier alpha value is -1.36. The van der Waals surface area contributed by atoms with Crippen molar-refractivity contribution < 1.29 is 0 Å². The number of nitrogens with one attached hydrogen (secondary N) is 1. The van der Waals surface area contributed by atoms with Crippen molar-refractivity contribution in [3.05, 3.63) is 10.9 Å². The summed E-state index contributed by atoms with van der Waals surface area (Å²) in [5.41, 5.74) is 0. The van der Waals surface area contributed by atoms with Crippen LogP contribution < -0.4 is 10.2 Å². The standard InChI is InChI=1S/C13H20N4S/c1-5-6-7-17(4)11-10-8-9(2)18-12(10)16-13(14-3)15-11/h8H,5-7H2,1-4H3,(H,14,15,16). The van der Waals surface area contributed by atoms with E-state index in [-0.39, 0.29) is 0 Å². The van der Waals surface area contributed by atoms with Gasteiger partial charge in [-0.25, -0.2) is 4.98 Å². The van der Waals surface area contributed by atoms with Gasteiger partial charge in [-0.2, -0.15) is 4.98 Å². The first-order valence-electron chi connectivity index (χ1n) is 6.32. The van der Waals surface area contributed by atoms with Gasteiger partial charge in [-0.3, -0.25) is 0 Å². The zero-order valence-corrected chi connectivity index (χ0v) is 12.3. The van der Waals surface area contributed by atoms with Crippen molar-refractivity contribution in [1.29, 1.82) is 0 Å². The smallest absolute Gasteiger partial charge is 0.225 e. The summed E-state index contributed by atoms with van der Waals surface area (Å²) in [5.74, 6) is 1.73. The number of rotatable bonds is 5. The van der Waals surface area contributed by atoms with E-state index in [2.05, 4.69) is 47.1 Å². The second-order valence-corrected chi connectivity index (χ2v) is 5.71. The fourth-order valence-electron chi connectivity index (χ4n) is 1.93. The Balaban J connectivity index is 2.45. The summed E-state index contributed by atoms with van der Waals surface area (Å²) in [7, 11) is 3.96. The van der Waals surface area contributed by atoms with Gasteiger partial charge in [-0.15, -0.1) is 11.3 Å². The minimum Gasteiger partial charge on any atom is -0.359 e. The summed E-state index contributed by atoms with van der Waals surface area (Å²) < 4.78 is 0. The van der Waals surface area contributed by atoms with Crippen LogP contribution in [0.2, 0.25) is 0 Å². The molecule has 0 aliphatic heterocycles. The van der Waals surface area contributed by atoms with Gasteiger partial charge in [-0.1, -0.05) is 13.3 Å². The van der Waals surface area contributed by atoms with Crippen molar-refractivity contribution in [1.82, 2.24) is 9.97 Å². The average molecular weight is 264 g/mol. The summed E-state index contributed by atoms with van der Waals surface area (Å²) in [5, 5.41) is 4.20. The van der Waals surface area contributed by atoms with Gasteiger partial charge in [0.15, 0.2) is 0 Å². The zero-order chi connectivity index (χ0) is 13.1. The van der Waals surface area contributed by atoms with Crippen molar-refractivity contribution in [2.24, 2.45) is 0 Å². The molecule has 18 heavy (non-hydrogen) atoms. The first-order chi connectivity index (χ1) is 8.65. The topological polar surface area (TPSA) is 41.1 Å². The molecule has 0 bridgehead atoms. The second kappa shape index (κ2) is 5.52. The second-order valence-electron chi connectivity index (χ2n) is 4.47. The highest BCUT2D eigenvalue weighted by Gasteiger charge is 2.13. The molecule has 0 unspecified atom stereocenters. The number of aromatic nitrogens is 2. The van der Waals surface area contributed by atoms with Crippen LogP contribution in [-0.2, 0) is 0 Å². The van der Waals surface area contributed by atoms with E-state index in [1.807, 2.05) is 7.05 Å². The SMILES string of the molecule is CCCCN(C)c1nc(NC)nc2sc(C)cc12. The minimum absolute atomic E-state index is 0.697. The summed E-state index contributed by atoms with van der Waals surface area (Å²) >= 11 is 1.72. The third-order valence-corrected chi connectivity index (χ3v) is 3.87. The van der Waals surface area contributed by atoms with Crippen LogP contribution in [0.4, 0.5) is 11.8 Å². The molecule has 2 aromatic heterocycles. The zero-order valence-electron chi connectivity index (χ0n) is 11.4. The number of hydrogen-bond acceptors (Lipinski definition) is 5. The number of fused-ring (bicyclic) bond motifs is 1. The van der Waals surface area contributed by atoms with E-state index in [0.717, 1.165) is 22.6 Å². The van der Waals surface area contributed by atoms with Gasteiger partial charge in [0.05, 0.1) is 5.39 Å². The summed E-state index contributed by atoms with van der Waals surface area (Å²) in [6.45, 7) is 5.35. The Bertz CT molecular complexity index is 535. The van der Waals surface area contributed by atoms with E-state index < -0.39 is 0 Å². The van der Waals surface area contributed by atoms with Crippen molar-refractivity contribution in [2.75, 3.05) is 30.9 Å². The lowest BCUT2D eigenvalue weighted by atomic mass is 10.3. The lowest BCUT2D eigenvalue weighted by Crippen LogP contribution is -2.20. The lowest BCUT2D eigenvalue weighted by Gasteiger charge is -2.19. The van der Waals surface area contributed by atoms with Gasteiger partial charge in [0.25, 0.3) is 0 Å². The molecule has 0 saturated carbocycles. The summed E-state index contributed by atoms with van der Waals surface area (Å²) in [6.07, 6.45) is 2.38. The van der Waals surface area contributed by atoms with E-state index in [1.54, 1.807) is 11.3 Å². The number of aryl methyl sites for hydroxylation is 1. The van der Waals surface area contributed by atoms with E-state index in [4.69, 9.17) is 0 Å². The molecule has 0 radical (unpaired) electrons. The van der Waals surface area contributed by atoms with Crippen LogP contribution in [0.25, 0.3) is 10.2 Å². The molecule has 2 aromatic rings. The lowest BCUT2D eigenvalue weighted by molar-refractivity contribution is 0.761. The molecule has 0 atom stereocenters. The number of thiophene rings is 1. The molecule has 2 rings (SSSR count). The first kappa shape index (κ1) is 13.1. The maximum Gasteiger partial charge on any atom is 0.225 e. The molecule has 98 valence electrons. The predicted octanol–water partition coefficient (Wildman–Crippen LogP) is 3.28. The van der Waals surface area contributed by atoms with Crippen LogP contribution in [0.1, 0.15) is 24.6 Å². The van der Waals surface area contributed by atoms with Gasteiger partial charge >= 0.3 is 0 Å². The fraction of sp³-hybridized carbons (Fsp3) is 0.538. The quantitative estimate of drug-likeness (QED) is 0.900. The molecule has 0 saturated heterocycles. The molecule has 0 aromatic carbocycles. The highest BCUT2D eigenvalue weighted by molar-refractivity contribution is 7.18. The predicted molar refractivity (Wildman–Crippen MR) is 79.9 cm³/mol. The summed E-state index contributed by atoms with van der Waals surface area (Å²) in [4.78, 5) is 13.7. The molecule has 0 fully saturated rings. The van der Waals surface area contributed by atoms with Crippen LogP contribution in [0.5, 0.6) is 0 Å². The Labute approximate surface area is 112 Å². The number of hydrogen-bond donors (Lipinski definition) is 1. The minimum atomic E-state index is 0.697. The van der Waals surface area contributed by atoms with Crippen molar-refractivity contribution in [3.8, 4) is 0 Å². The van der Waals surface area contributed by atoms with Gasteiger partial charge < -0.3 is 10.2 Å². The molecule has 0 aliphatic rings. The van der Waals surface area contributed by atoms with E-state index in [1.165, 1.54) is 17.7 Å². The van der Waals surface area contributed by atoms with Crippen LogP contribution in [0, 0.1) is 6.92 Å². The Morgan fingerprint density at radius 2 is 2.17 bits per heavy atom. The highest BCUT2D eigenvalue weighted by atomic mass is 32.1. The fourth-order valence-corrected chi connectivity index (χ4v) is 2.80. The maximum atomic E-state index is 4.60. The van der Waals surface area contributed by atoms with Crippen molar-refractivity contribution >= 4 is 33.3 Å². The Morgan fingerprint density at radius 3 is 2.83 bits per heavy atom. The molecule has 0 amide bonds. The molecule has 0 aliphatic carbocycles.